The molecule has 0 saturated carbocycles. The molecule has 0 atom stereocenters. The second-order valence-electron chi connectivity index (χ2n) is 5.31. The van der Waals surface area contributed by atoms with Gasteiger partial charge in [0.15, 0.2) is 0 Å². The lowest BCUT2D eigenvalue weighted by molar-refractivity contribution is 0.0678. The van der Waals surface area contributed by atoms with E-state index < -0.39 is 11.9 Å². The van der Waals surface area contributed by atoms with Crippen LogP contribution < -0.4 is 9.47 Å². The lowest BCUT2D eigenvalue weighted by Gasteiger charge is -2.11. The van der Waals surface area contributed by atoms with Crippen molar-refractivity contribution in [3.05, 3.63) is 83.9 Å². The number of para-hydroxylation sites is 1. The van der Waals surface area contributed by atoms with E-state index in [0.29, 0.717) is 17.2 Å². The second-order valence-corrected chi connectivity index (χ2v) is 5.31. The molecule has 0 unspecified atom stereocenters. The third kappa shape index (κ3) is 3.99. The van der Waals surface area contributed by atoms with E-state index >= 15 is 0 Å². The normalized spacial score (nSPS) is 10.2. The van der Waals surface area contributed by atoms with E-state index in [0.717, 1.165) is 0 Å². The number of benzene rings is 3. The van der Waals surface area contributed by atoms with Crippen LogP contribution in [0.4, 0.5) is 0 Å². The van der Waals surface area contributed by atoms with E-state index in [4.69, 9.17) is 14.6 Å². The molecule has 0 bridgehead atoms. The van der Waals surface area contributed by atoms with Gasteiger partial charge in [0, 0.05) is 0 Å². The van der Waals surface area contributed by atoms with Crippen molar-refractivity contribution in [2.24, 2.45) is 0 Å². The fraction of sp³-hybridized carbons (Fsp3) is 0. The largest absolute Gasteiger partial charge is 0.478 e. The minimum Gasteiger partial charge on any atom is -0.478 e. The SMILES string of the molecule is O=C(O)c1ccc(C(=O)O)c(Oc2ccc(Oc3ccccc3)cc2)c1. The topological polar surface area (TPSA) is 93.1 Å². The Balaban J connectivity index is 1.81. The lowest BCUT2D eigenvalue weighted by atomic mass is 10.1. The predicted octanol–water partition coefficient (Wildman–Crippen LogP) is 4.67. The number of carboxylic acids is 2. The lowest BCUT2D eigenvalue weighted by Crippen LogP contribution is -2.03. The molecule has 2 N–H and O–H groups in total. The molecule has 0 aliphatic heterocycles. The van der Waals surface area contributed by atoms with E-state index in [1.54, 1.807) is 24.3 Å². The van der Waals surface area contributed by atoms with E-state index in [1.807, 2.05) is 30.3 Å². The van der Waals surface area contributed by atoms with Crippen LogP contribution in [0.5, 0.6) is 23.0 Å². The van der Waals surface area contributed by atoms with Crippen LogP contribution in [-0.4, -0.2) is 22.2 Å². The molecular formula is C20H14O6. The van der Waals surface area contributed by atoms with E-state index in [2.05, 4.69) is 0 Å². The second kappa shape index (κ2) is 7.40. The van der Waals surface area contributed by atoms with Gasteiger partial charge in [0.05, 0.1) is 5.56 Å². The summed E-state index contributed by atoms with van der Waals surface area (Å²) in [6.07, 6.45) is 0. The Kier molecular flexibility index (Phi) is 4.85. The van der Waals surface area contributed by atoms with Gasteiger partial charge < -0.3 is 19.7 Å². The standard InChI is InChI=1S/C20H14O6/c21-19(22)13-6-11-17(20(23)24)18(12-13)26-16-9-7-15(8-10-16)25-14-4-2-1-3-5-14/h1-12H,(H,21,22)(H,23,24). The maximum absolute atomic E-state index is 11.3. The summed E-state index contributed by atoms with van der Waals surface area (Å²) in [5, 5.41) is 18.3. The van der Waals surface area contributed by atoms with Gasteiger partial charge in [0.25, 0.3) is 0 Å². The van der Waals surface area contributed by atoms with Crippen LogP contribution in [0.1, 0.15) is 20.7 Å². The Bertz CT molecular complexity index is 932. The number of hydrogen-bond donors (Lipinski definition) is 2. The summed E-state index contributed by atoms with van der Waals surface area (Å²) in [5.41, 5.74) is -0.186. The van der Waals surface area contributed by atoms with Gasteiger partial charge in [-0.1, -0.05) is 18.2 Å². The van der Waals surface area contributed by atoms with Crippen LogP contribution in [0.2, 0.25) is 0 Å². The third-order valence-corrected chi connectivity index (χ3v) is 3.49. The number of aromatic carboxylic acids is 2. The van der Waals surface area contributed by atoms with Crippen LogP contribution >= 0.6 is 0 Å². The zero-order chi connectivity index (χ0) is 18.5. The number of carbonyl (C=O) groups is 2. The van der Waals surface area contributed by atoms with Gasteiger partial charge in [-0.3, -0.25) is 0 Å². The van der Waals surface area contributed by atoms with Gasteiger partial charge in [0.2, 0.25) is 0 Å². The summed E-state index contributed by atoms with van der Waals surface area (Å²) < 4.78 is 11.2. The van der Waals surface area contributed by atoms with E-state index in [1.165, 1.54) is 18.2 Å². The molecule has 6 heteroatoms. The zero-order valence-electron chi connectivity index (χ0n) is 13.5. The molecule has 3 rings (SSSR count). The fourth-order valence-electron chi connectivity index (χ4n) is 2.24. The molecule has 0 spiro atoms. The van der Waals surface area contributed by atoms with Crippen LogP contribution in [0.3, 0.4) is 0 Å². The molecule has 0 heterocycles. The maximum Gasteiger partial charge on any atom is 0.339 e. The first-order chi connectivity index (χ1) is 12.5. The van der Waals surface area contributed by atoms with Crippen molar-refractivity contribution in [1.82, 2.24) is 0 Å². The first-order valence-electron chi connectivity index (χ1n) is 7.64. The summed E-state index contributed by atoms with van der Waals surface area (Å²) in [7, 11) is 0. The minimum atomic E-state index is -1.21. The molecule has 0 aliphatic carbocycles. The van der Waals surface area contributed by atoms with Crippen LogP contribution in [0, 0.1) is 0 Å². The van der Waals surface area contributed by atoms with Crippen molar-refractivity contribution in [3.8, 4) is 23.0 Å². The van der Waals surface area contributed by atoms with Crippen molar-refractivity contribution < 1.29 is 29.3 Å². The molecule has 130 valence electrons. The monoisotopic (exact) mass is 350 g/mol. The van der Waals surface area contributed by atoms with Gasteiger partial charge in [0.1, 0.15) is 28.6 Å². The predicted molar refractivity (Wildman–Crippen MR) is 93.4 cm³/mol. The van der Waals surface area contributed by atoms with Crippen molar-refractivity contribution in [3.63, 3.8) is 0 Å². The molecule has 26 heavy (non-hydrogen) atoms. The number of rotatable bonds is 6. The molecule has 3 aromatic carbocycles. The van der Waals surface area contributed by atoms with E-state index in [9.17, 15) is 14.7 Å². The number of hydrogen-bond acceptors (Lipinski definition) is 4. The van der Waals surface area contributed by atoms with Gasteiger partial charge in [-0.2, -0.15) is 0 Å². The van der Waals surface area contributed by atoms with Crippen LogP contribution in [-0.2, 0) is 0 Å². The highest BCUT2D eigenvalue weighted by atomic mass is 16.5. The third-order valence-electron chi connectivity index (χ3n) is 3.49. The first-order valence-corrected chi connectivity index (χ1v) is 7.64. The minimum absolute atomic E-state index is 0.0471. The smallest absolute Gasteiger partial charge is 0.339 e. The van der Waals surface area contributed by atoms with Crippen LogP contribution in [0.15, 0.2) is 72.8 Å². The quantitative estimate of drug-likeness (QED) is 0.671. The Labute approximate surface area is 148 Å². The highest BCUT2D eigenvalue weighted by Crippen LogP contribution is 2.29. The number of carboxylic acid groups (broad SMARTS) is 2. The molecule has 6 nitrogen and oxygen atoms in total. The van der Waals surface area contributed by atoms with Gasteiger partial charge in [-0.25, -0.2) is 9.59 Å². The molecular weight excluding hydrogens is 336 g/mol. The molecule has 0 radical (unpaired) electrons. The summed E-state index contributed by atoms with van der Waals surface area (Å²) in [4.78, 5) is 22.4. The van der Waals surface area contributed by atoms with Gasteiger partial charge >= 0.3 is 11.9 Å². The summed E-state index contributed by atoms with van der Waals surface area (Å²) in [5.74, 6) is -0.797. The Morgan fingerprint density at radius 3 is 1.81 bits per heavy atom. The van der Waals surface area contributed by atoms with Crippen LogP contribution in [0.25, 0.3) is 0 Å². The first kappa shape index (κ1) is 17.0. The van der Waals surface area contributed by atoms with Crippen molar-refractivity contribution in [1.29, 1.82) is 0 Å². The van der Waals surface area contributed by atoms with Crippen molar-refractivity contribution >= 4 is 11.9 Å². The highest BCUT2D eigenvalue weighted by Gasteiger charge is 2.15. The van der Waals surface area contributed by atoms with Crippen molar-refractivity contribution in [2.45, 2.75) is 0 Å². The van der Waals surface area contributed by atoms with Crippen molar-refractivity contribution in [2.75, 3.05) is 0 Å². The summed E-state index contributed by atoms with van der Waals surface area (Å²) in [6.45, 7) is 0. The Morgan fingerprint density at radius 2 is 1.23 bits per heavy atom. The highest BCUT2D eigenvalue weighted by molar-refractivity contribution is 5.94. The average Bonchev–Trinajstić information content (AvgIpc) is 2.64. The average molecular weight is 350 g/mol. The molecule has 0 amide bonds. The molecule has 3 aromatic rings. The zero-order valence-corrected chi connectivity index (χ0v) is 13.5. The maximum atomic E-state index is 11.3. The Hall–Kier alpha value is -3.80. The number of ether oxygens (including phenoxy) is 2. The molecule has 0 fully saturated rings. The fourth-order valence-corrected chi connectivity index (χ4v) is 2.24. The Morgan fingerprint density at radius 1 is 0.654 bits per heavy atom. The van der Waals surface area contributed by atoms with Gasteiger partial charge in [-0.15, -0.1) is 0 Å². The molecule has 0 aromatic heterocycles. The van der Waals surface area contributed by atoms with E-state index in [-0.39, 0.29) is 16.9 Å². The molecule has 0 aliphatic rings. The summed E-state index contributed by atoms with van der Waals surface area (Å²) >= 11 is 0. The summed E-state index contributed by atoms with van der Waals surface area (Å²) in [6, 6.07) is 19.4. The molecule has 0 saturated heterocycles. The van der Waals surface area contributed by atoms with Gasteiger partial charge in [-0.05, 0) is 54.6 Å².